The molecular weight excluding hydrogens is 174 g/mol. The summed E-state index contributed by atoms with van der Waals surface area (Å²) in [6, 6.07) is 6.06. The van der Waals surface area contributed by atoms with Crippen molar-refractivity contribution in [2.75, 3.05) is 6.54 Å². The Labute approximate surface area is 83.1 Å². The van der Waals surface area contributed by atoms with Crippen molar-refractivity contribution < 1.29 is 0 Å². The van der Waals surface area contributed by atoms with Crippen LogP contribution in [0.2, 0.25) is 0 Å². The van der Waals surface area contributed by atoms with Crippen LogP contribution in [0.5, 0.6) is 0 Å². The molecule has 0 spiro atoms. The third-order valence-corrected chi connectivity index (χ3v) is 2.11. The Hall–Kier alpha value is -1.61. The van der Waals surface area contributed by atoms with Crippen LogP contribution in [0, 0.1) is 0 Å². The second-order valence-corrected chi connectivity index (χ2v) is 3.12. The largest absolute Gasteiger partial charge is 0.309 e. The average Bonchev–Trinajstić information content (AvgIpc) is 2.63. The molecule has 0 unspecified atom stereocenters. The van der Waals surface area contributed by atoms with Crippen LogP contribution < -0.4 is 5.32 Å². The highest BCUT2D eigenvalue weighted by molar-refractivity contribution is 5.53. The molecule has 0 saturated heterocycles. The minimum atomic E-state index is 0.824. The zero-order valence-electron chi connectivity index (χ0n) is 7.98. The van der Waals surface area contributed by atoms with Gasteiger partial charge in [0, 0.05) is 24.8 Å². The van der Waals surface area contributed by atoms with Gasteiger partial charge < -0.3 is 5.32 Å². The van der Waals surface area contributed by atoms with Crippen molar-refractivity contribution in [2.45, 2.75) is 6.54 Å². The van der Waals surface area contributed by atoms with Crippen LogP contribution in [-0.4, -0.2) is 16.2 Å². The molecule has 0 amide bonds. The smallest absolute Gasteiger partial charge is 0.0706 e. The van der Waals surface area contributed by atoms with E-state index in [0.29, 0.717) is 0 Å². The molecule has 14 heavy (non-hydrogen) atoms. The molecule has 0 radical (unpaired) electrons. The summed E-state index contributed by atoms with van der Waals surface area (Å²) in [6.45, 7) is 5.31. The van der Waals surface area contributed by atoms with E-state index in [-0.39, 0.29) is 0 Å². The Bertz CT molecular complexity index is 431. The lowest BCUT2D eigenvalue weighted by molar-refractivity contribution is 0.764. The topological polar surface area (TPSA) is 29.3 Å². The number of nitrogens with zero attached hydrogens (tertiary/aromatic N) is 2. The van der Waals surface area contributed by atoms with Crippen molar-refractivity contribution in [1.29, 1.82) is 0 Å². The predicted molar refractivity (Wildman–Crippen MR) is 57.1 cm³/mol. The Morgan fingerprint density at radius 3 is 3.29 bits per heavy atom. The van der Waals surface area contributed by atoms with E-state index in [1.807, 2.05) is 35.1 Å². The fourth-order valence-corrected chi connectivity index (χ4v) is 1.43. The maximum Gasteiger partial charge on any atom is 0.0706 e. The van der Waals surface area contributed by atoms with Crippen molar-refractivity contribution in [3.05, 3.63) is 48.8 Å². The van der Waals surface area contributed by atoms with E-state index in [2.05, 4.69) is 23.1 Å². The molecule has 0 aliphatic heterocycles. The molecular formula is C11H13N3. The van der Waals surface area contributed by atoms with Crippen molar-refractivity contribution >= 4 is 5.52 Å². The van der Waals surface area contributed by atoms with Crippen molar-refractivity contribution in [1.82, 2.24) is 14.9 Å². The fourth-order valence-electron chi connectivity index (χ4n) is 1.43. The second-order valence-electron chi connectivity index (χ2n) is 3.12. The zero-order chi connectivity index (χ0) is 9.80. The van der Waals surface area contributed by atoms with Crippen LogP contribution in [0.4, 0.5) is 0 Å². The molecule has 0 atom stereocenters. The molecule has 1 N–H and O–H groups in total. The summed E-state index contributed by atoms with van der Waals surface area (Å²) < 4.78 is 1.88. The van der Waals surface area contributed by atoms with Crippen LogP contribution >= 0.6 is 0 Å². The predicted octanol–water partition coefficient (Wildman–Crippen LogP) is 1.61. The Morgan fingerprint density at radius 1 is 1.50 bits per heavy atom. The van der Waals surface area contributed by atoms with Gasteiger partial charge in [0.15, 0.2) is 0 Å². The SMILES string of the molecule is C=CCNCc1cnn2ccccc12. The molecule has 3 nitrogen and oxygen atoms in total. The van der Waals surface area contributed by atoms with Crippen LogP contribution in [0.15, 0.2) is 43.2 Å². The first-order chi connectivity index (χ1) is 6.92. The van der Waals surface area contributed by atoms with Gasteiger partial charge in [-0.3, -0.25) is 0 Å². The number of aromatic nitrogens is 2. The van der Waals surface area contributed by atoms with E-state index in [1.165, 1.54) is 5.56 Å². The van der Waals surface area contributed by atoms with Crippen LogP contribution in [0.3, 0.4) is 0 Å². The van der Waals surface area contributed by atoms with E-state index in [0.717, 1.165) is 18.6 Å². The van der Waals surface area contributed by atoms with Gasteiger partial charge in [-0.25, -0.2) is 4.52 Å². The maximum atomic E-state index is 4.25. The van der Waals surface area contributed by atoms with Gasteiger partial charge in [-0.1, -0.05) is 12.1 Å². The summed E-state index contributed by atoms with van der Waals surface area (Å²) in [5, 5.41) is 7.51. The fraction of sp³-hybridized carbons (Fsp3) is 0.182. The normalized spacial score (nSPS) is 10.6. The van der Waals surface area contributed by atoms with Crippen molar-refractivity contribution in [2.24, 2.45) is 0 Å². The highest BCUT2D eigenvalue weighted by atomic mass is 15.2. The van der Waals surface area contributed by atoms with Gasteiger partial charge in [0.05, 0.1) is 11.7 Å². The zero-order valence-corrected chi connectivity index (χ0v) is 7.98. The van der Waals surface area contributed by atoms with Crippen LogP contribution in [-0.2, 0) is 6.54 Å². The van der Waals surface area contributed by atoms with Gasteiger partial charge >= 0.3 is 0 Å². The molecule has 0 aliphatic rings. The van der Waals surface area contributed by atoms with E-state index in [9.17, 15) is 0 Å². The summed E-state index contributed by atoms with van der Waals surface area (Å²) in [7, 11) is 0. The van der Waals surface area contributed by atoms with E-state index in [1.54, 1.807) is 0 Å². The molecule has 2 aromatic heterocycles. The summed E-state index contributed by atoms with van der Waals surface area (Å²) in [6.07, 6.45) is 5.70. The summed E-state index contributed by atoms with van der Waals surface area (Å²) >= 11 is 0. The monoisotopic (exact) mass is 187 g/mol. The summed E-state index contributed by atoms with van der Waals surface area (Å²) in [5.41, 5.74) is 2.37. The van der Waals surface area contributed by atoms with Gasteiger partial charge in [-0.05, 0) is 12.1 Å². The molecule has 3 heteroatoms. The molecule has 0 aliphatic carbocycles. The highest BCUT2D eigenvalue weighted by Crippen LogP contribution is 2.08. The first-order valence-electron chi connectivity index (χ1n) is 4.64. The lowest BCUT2D eigenvalue weighted by Gasteiger charge is -1.99. The van der Waals surface area contributed by atoms with Crippen molar-refractivity contribution in [3.63, 3.8) is 0 Å². The number of nitrogens with one attached hydrogen (secondary N) is 1. The van der Waals surface area contributed by atoms with Crippen molar-refractivity contribution in [3.8, 4) is 0 Å². The van der Waals surface area contributed by atoms with E-state index < -0.39 is 0 Å². The molecule has 0 fully saturated rings. The second kappa shape index (κ2) is 4.07. The third-order valence-electron chi connectivity index (χ3n) is 2.11. The number of pyridine rings is 1. The molecule has 0 bridgehead atoms. The number of hydrogen-bond acceptors (Lipinski definition) is 2. The first kappa shape index (κ1) is 8.97. The van der Waals surface area contributed by atoms with Gasteiger partial charge in [-0.2, -0.15) is 5.10 Å². The Kier molecular flexibility index (Phi) is 2.60. The molecule has 0 aromatic carbocycles. The third kappa shape index (κ3) is 1.67. The first-order valence-corrected chi connectivity index (χ1v) is 4.64. The lowest BCUT2D eigenvalue weighted by atomic mass is 10.2. The minimum Gasteiger partial charge on any atom is -0.309 e. The molecule has 2 heterocycles. The minimum absolute atomic E-state index is 0.824. The maximum absolute atomic E-state index is 4.25. The van der Waals surface area contributed by atoms with E-state index >= 15 is 0 Å². The quantitative estimate of drug-likeness (QED) is 0.582. The van der Waals surface area contributed by atoms with Gasteiger partial charge in [-0.15, -0.1) is 6.58 Å². The summed E-state index contributed by atoms with van der Waals surface area (Å²) in [4.78, 5) is 0. The number of hydrogen-bond donors (Lipinski definition) is 1. The van der Waals surface area contributed by atoms with Gasteiger partial charge in [0.1, 0.15) is 0 Å². The van der Waals surface area contributed by atoms with Gasteiger partial charge in [0.2, 0.25) is 0 Å². The molecule has 72 valence electrons. The van der Waals surface area contributed by atoms with Gasteiger partial charge in [0.25, 0.3) is 0 Å². The Balaban J connectivity index is 2.20. The Morgan fingerprint density at radius 2 is 2.43 bits per heavy atom. The molecule has 0 saturated carbocycles. The standard InChI is InChI=1S/C11H13N3/c1-2-6-12-8-10-9-13-14-7-4-3-5-11(10)14/h2-5,7,9,12H,1,6,8H2. The lowest BCUT2D eigenvalue weighted by Crippen LogP contribution is -2.12. The van der Waals surface area contributed by atoms with Crippen LogP contribution in [0.1, 0.15) is 5.56 Å². The molecule has 2 rings (SSSR count). The average molecular weight is 187 g/mol. The number of fused-ring (bicyclic) bond motifs is 1. The highest BCUT2D eigenvalue weighted by Gasteiger charge is 2.00. The van der Waals surface area contributed by atoms with Crippen LogP contribution in [0.25, 0.3) is 5.52 Å². The molecule has 2 aromatic rings. The number of rotatable bonds is 4. The summed E-state index contributed by atoms with van der Waals surface area (Å²) in [5.74, 6) is 0. The van der Waals surface area contributed by atoms with E-state index in [4.69, 9.17) is 0 Å².